The summed E-state index contributed by atoms with van der Waals surface area (Å²) in [6, 6.07) is 0.230. The molecule has 1 aromatic heterocycles. The highest BCUT2D eigenvalue weighted by atomic mass is 79.9. The average molecular weight is 330 g/mol. The van der Waals surface area contributed by atoms with Crippen LogP contribution in [0.15, 0.2) is 10.7 Å². The smallest absolute Gasteiger partial charge is 0.0785 e. The molecule has 0 bridgehead atoms. The molecule has 0 radical (unpaired) electrons. The number of nitrogens with zero attached hydrogens (tertiary/aromatic N) is 2. The minimum Gasteiger partial charge on any atom is -0.376 e. The number of hydrogen-bond acceptors (Lipinski definition) is 3. The SMILES string of the molecule is CCCn1ncc(Br)c1C(NCC)C1CCCCO1. The van der Waals surface area contributed by atoms with Gasteiger partial charge in [-0.1, -0.05) is 13.8 Å². The summed E-state index contributed by atoms with van der Waals surface area (Å²) in [7, 11) is 0. The Morgan fingerprint density at radius 1 is 1.53 bits per heavy atom. The zero-order chi connectivity index (χ0) is 13.7. The van der Waals surface area contributed by atoms with Crippen LogP contribution in [-0.4, -0.2) is 29.0 Å². The molecule has 2 rings (SSSR count). The van der Waals surface area contributed by atoms with E-state index in [4.69, 9.17) is 4.74 Å². The van der Waals surface area contributed by atoms with Gasteiger partial charge in [-0.2, -0.15) is 5.10 Å². The Morgan fingerprint density at radius 3 is 3.00 bits per heavy atom. The summed E-state index contributed by atoms with van der Waals surface area (Å²) in [4.78, 5) is 0. The van der Waals surface area contributed by atoms with Gasteiger partial charge in [0, 0.05) is 13.2 Å². The number of likely N-dealkylation sites (N-methyl/N-ethyl adjacent to an activating group) is 1. The summed E-state index contributed by atoms with van der Waals surface area (Å²) in [6.45, 7) is 7.10. The van der Waals surface area contributed by atoms with Crippen molar-refractivity contribution in [2.45, 2.75) is 58.2 Å². The van der Waals surface area contributed by atoms with Crippen LogP contribution >= 0.6 is 15.9 Å². The Labute approximate surface area is 124 Å². The van der Waals surface area contributed by atoms with E-state index in [0.717, 1.165) is 37.0 Å². The van der Waals surface area contributed by atoms with Crippen molar-refractivity contribution in [1.82, 2.24) is 15.1 Å². The third-order valence-corrected chi connectivity index (χ3v) is 4.18. The van der Waals surface area contributed by atoms with E-state index in [9.17, 15) is 0 Å². The number of aromatic nitrogens is 2. The van der Waals surface area contributed by atoms with Crippen molar-refractivity contribution in [2.75, 3.05) is 13.2 Å². The number of nitrogens with one attached hydrogen (secondary N) is 1. The lowest BCUT2D eigenvalue weighted by Gasteiger charge is -2.31. The maximum absolute atomic E-state index is 5.98. The molecule has 0 saturated carbocycles. The number of hydrogen-bond donors (Lipinski definition) is 1. The standard InChI is InChI=1S/C14H24BrN3O/c1-3-8-18-14(11(15)10-17-18)13(16-4-2)12-7-5-6-9-19-12/h10,12-13,16H,3-9H2,1-2H3. The van der Waals surface area contributed by atoms with Gasteiger partial charge in [0.1, 0.15) is 0 Å². The highest BCUT2D eigenvalue weighted by Gasteiger charge is 2.29. The molecule has 1 N–H and O–H groups in total. The van der Waals surface area contributed by atoms with E-state index < -0.39 is 0 Å². The normalized spacial score (nSPS) is 21.5. The van der Waals surface area contributed by atoms with Gasteiger partial charge in [-0.05, 0) is 48.2 Å². The van der Waals surface area contributed by atoms with Gasteiger partial charge >= 0.3 is 0 Å². The van der Waals surface area contributed by atoms with E-state index in [0.29, 0.717) is 0 Å². The second-order valence-electron chi connectivity index (χ2n) is 5.04. The summed E-state index contributed by atoms with van der Waals surface area (Å²) >= 11 is 3.65. The highest BCUT2D eigenvalue weighted by Crippen LogP contribution is 2.31. The molecule has 108 valence electrons. The zero-order valence-corrected chi connectivity index (χ0v) is 13.4. The van der Waals surface area contributed by atoms with Crippen molar-refractivity contribution in [3.05, 3.63) is 16.4 Å². The van der Waals surface area contributed by atoms with Crippen LogP contribution in [0.3, 0.4) is 0 Å². The quantitative estimate of drug-likeness (QED) is 0.870. The molecule has 2 heterocycles. The molecule has 2 atom stereocenters. The van der Waals surface area contributed by atoms with Gasteiger partial charge in [-0.25, -0.2) is 0 Å². The summed E-state index contributed by atoms with van der Waals surface area (Å²) < 4.78 is 9.17. The maximum Gasteiger partial charge on any atom is 0.0785 e. The Morgan fingerprint density at radius 2 is 2.37 bits per heavy atom. The molecule has 0 spiro atoms. The average Bonchev–Trinajstić information content (AvgIpc) is 2.79. The topological polar surface area (TPSA) is 39.1 Å². The summed E-state index contributed by atoms with van der Waals surface area (Å²) in [5.41, 5.74) is 1.23. The Kier molecular flexibility index (Phi) is 5.85. The first-order valence-corrected chi connectivity index (χ1v) is 8.13. The van der Waals surface area contributed by atoms with Gasteiger partial charge in [0.2, 0.25) is 0 Å². The highest BCUT2D eigenvalue weighted by molar-refractivity contribution is 9.10. The first kappa shape index (κ1) is 15.0. The summed E-state index contributed by atoms with van der Waals surface area (Å²) in [5, 5.41) is 8.06. The van der Waals surface area contributed by atoms with Gasteiger partial charge in [0.05, 0.1) is 28.5 Å². The van der Waals surface area contributed by atoms with Crippen molar-refractivity contribution in [3.63, 3.8) is 0 Å². The first-order chi connectivity index (χ1) is 9.27. The fraction of sp³-hybridized carbons (Fsp3) is 0.786. The second-order valence-corrected chi connectivity index (χ2v) is 5.90. The van der Waals surface area contributed by atoms with E-state index in [1.165, 1.54) is 18.5 Å². The molecule has 2 unspecified atom stereocenters. The molecule has 5 heteroatoms. The second kappa shape index (κ2) is 7.41. The molecule has 1 fully saturated rings. The van der Waals surface area contributed by atoms with Gasteiger partial charge in [-0.3, -0.25) is 4.68 Å². The van der Waals surface area contributed by atoms with E-state index in [2.05, 4.69) is 44.9 Å². The number of ether oxygens (including phenoxy) is 1. The third kappa shape index (κ3) is 3.58. The maximum atomic E-state index is 5.98. The minimum atomic E-state index is 0.230. The molecule has 0 amide bonds. The van der Waals surface area contributed by atoms with E-state index in [1.807, 2.05) is 6.20 Å². The van der Waals surface area contributed by atoms with Gasteiger partial charge in [0.25, 0.3) is 0 Å². The van der Waals surface area contributed by atoms with Crippen LogP contribution < -0.4 is 5.32 Å². The van der Waals surface area contributed by atoms with Crippen molar-refractivity contribution in [3.8, 4) is 0 Å². The Hall–Kier alpha value is -0.390. The van der Waals surface area contributed by atoms with Gasteiger partial charge < -0.3 is 10.1 Å². The monoisotopic (exact) mass is 329 g/mol. The lowest BCUT2D eigenvalue weighted by Crippen LogP contribution is -2.37. The van der Waals surface area contributed by atoms with Gasteiger partial charge in [-0.15, -0.1) is 0 Å². The van der Waals surface area contributed by atoms with E-state index in [1.54, 1.807) is 0 Å². The number of aryl methyl sites for hydroxylation is 1. The molecule has 4 nitrogen and oxygen atoms in total. The van der Waals surface area contributed by atoms with Crippen molar-refractivity contribution in [2.24, 2.45) is 0 Å². The molecule has 0 aromatic carbocycles. The summed E-state index contributed by atoms with van der Waals surface area (Å²) in [5.74, 6) is 0. The number of halogens is 1. The van der Waals surface area contributed by atoms with Crippen LogP contribution in [0.2, 0.25) is 0 Å². The van der Waals surface area contributed by atoms with Crippen LogP contribution in [0.5, 0.6) is 0 Å². The molecule has 1 saturated heterocycles. The Balaban J connectivity index is 2.24. The number of rotatable bonds is 6. The molecule has 1 aliphatic heterocycles. The third-order valence-electron chi connectivity index (χ3n) is 3.57. The lowest BCUT2D eigenvalue weighted by molar-refractivity contribution is -0.00984. The predicted molar refractivity (Wildman–Crippen MR) is 80.2 cm³/mol. The van der Waals surface area contributed by atoms with Crippen LogP contribution in [0.4, 0.5) is 0 Å². The van der Waals surface area contributed by atoms with E-state index in [-0.39, 0.29) is 12.1 Å². The van der Waals surface area contributed by atoms with E-state index >= 15 is 0 Å². The molecular weight excluding hydrogens is 306 g/mol. The predicted octanol–water partition coefficient (Wildman–Crippen LogP) is 3.28. The lowest BCUT2D eigenvalue weighted by atomic mass is 9.99. The zero-order valence-electron chi connectivity index (χ0n) is 11.9. The molecule has 19 heavy (non-hydrogen) atoms. The van der Waals surface area contributed by atoms with Crippen LogP contribution in [0.1, 0.15) is 51.3 Å². The summed E-state index contributed by atoms with van der Waals surface area (Å²) in [6.07, 6.45) is 6.82. The van der Waals surface area contributed by atoms with Crippen LogP contribution in [0, 0.1) is 0 Å². The molecule has 1 aromatic rings. The van der Waals surface area contributed by atoms with Crippen molar-refractivity contribution in [1.29, 1.82) is 0 Å². The van der Waals surface area contributed by atoms with Crippen molar-refractivity contribution < 1.29 is 4.74 Å². The molecule has 0 aliphatic carbocycles. The minimum absolute atomic E-state index is 0.230. The first-order valence-electron chi connectivity index (χ1n) is 7.34. The molecular formula is C14H24BrN3O. The fourth-order valence-electron chi connectivity index (χ4n) is 2.72. The molecule has 1 aliphatic rings. The van der Waals surface area contributed by atoms with Gasteiger partial charge in [0.15, 0.2) is 0 Å². The fourth-order valence-corrected chi connectivity index (χ4v) is 3.27. The van der Waals surface area contributed by atoms with Crippen molar-refractivity contribution >= 4 is 15.9 Å². The van der Waals surface area contributed by atoms with Crippen LogP contribution in [0.25, 0.3) is 0 Å². The Bertz CT molecular complexity index is 388. The largest absolute Gasteiger partial charge is 0.376 e. The van der Waals surface area contributed by atoms with Crippen LogP contribution in [-0.2, 0) is 11.3 Å².